The molecule has 8 nitrogen and oxygen atoms in total. The van der Waals surface area contributed by atoms with Gasteiger partial charge >= 0.3 is 11.9 Å². The molecule has 196 valence electrons. The average Bonchev–Trinajstić information content (AvgIpc) is 2.94. The van der Waals surface area contributed by atoms with E-state index in [4.69, 9.17) is 35.3 Å². The summed E-state index contributed by atoms with van der Waals surface area (Å²) < 4.78 is 27.2. The summed E-state index contributed by atoms with van der Waals surface area (Å²) in [7, 11) is 4.42. The molecule has 37 heavy (non-hydrogen) atoms. The third kappa shape index (κ3) is 6.93. The van der Waals surface area contributed by atoms with Gasteiger partial charge in [0.05, 0.1) is 39.0 Å². The predicted octanol–water partition coefficient (Wildman–Crippen LogP) is 5.02. The first-order valence-electron chi connectivity index (χ1n) is 11.6. The first-order valence-corrected chi connectivity index (χ1v) is 12.0. The number of rotatable bonds is 12. The number of hydrogen-bond acceptors (Lipinski definition) is 8. The smallest absolute Gasteiger partial charge is 0.338 e. The second-order valence-corrected chi connectivity index (χ2v) is 8.51. The summed E-state index contributed by atoms with van der Waals surface area (Å²) in [5, 5.41) is 3.80. The number of methoxy groups -OCH3 is 3. The Bertz CT molecular complexity index is 1180. The van der Waals surface area contributed by atoms with Crippen LogP contribution in [-0.2, 0) is 15.1 Å². The van der Waals surface area contributed by atoms with Gasteiger partial charge in [-0.15, -0.1) is 0 Å². The molecule has 0 spiro atoms. The lowest BCUT2D eigenvalue weighted by molar-refractivity contribution is -0.133. The van der Waals surface area contributed by atoms with Crippen LogP contribution in [0.1, 0.15) is 29.3 Å². The molecule has 0 aliphatic rings. The number of nitrogens with one attached hydrogen (secondary N) is 1. The summed E-state index contributed by atoms with van der Waals surface area (Å²) in [4.78, 5) is 25.7. The van der Waals surface area contributed by atoms with Crippen molar-refractivity contribution in [3.05, 3.63) is 82.9 Å². The van der Waals surface area contributed by atoms with Crippen molar-refractivity contribution in [3.63, 3.8) is 0 Å². The molecule has 0 aromatic heterocycles. The zero-order valence-electron chi connectivity index (χ0n) is 21.2. The molecule has 0 saturated carbocycles. The zero-order chi connectivity index (χ0) is 26.8. The highest BCUT2D eigenvalue weighted by atomic mass is 35.5. The van der Waals surface area contributed by atoms with Gasteiger partial charge in [-0.3, -0.25) is 10.1 Å². The van der Waals surface area contributed by atoms with Gasteiger partial charge in [-0.2, -0.15) is 0 Å². The van der Waals surface area contributed by atoms with E-state index in [0.29, 0.717) is 34.4 Å². The first-order chi connectivity index (χ1) is 17.9. The number of carbonyl (C=O) groups is 2. The van der Waals surface area contributed by atoms with Gasteiger partial charge in [0.2, 0.25) is 5.75 Å². The monoisotopic (exact) mass is 527 g/mol. The molecular formula is C28H30ClNO7. The topological polar surface area (TPSA) is 92.3 Å². The van der Waals surface area contributed by atoms with Crippen molar-refractivity contribution in [2.45, 2.75) is 18.9 Å². The molecule has 0 fully saturated rings. The van der Waals surface area contributed by atoms with Gasteiger partial charge in [-0.05, 0) is 48.4 Å². The second-order valence-electron chi connectivity index (χ2n) is 8.07. The summed E-state index contributed by atoms with van der Waals surface area (Å²) >= 11 is 5.89. The van der Waals surface area contributed by atoms with Crippen LogP contribution < -0.4 is 24.3 Å². The Morgan fingerprint density at radius 3 is 2.05 bits per heavy atom. The lowest BCUT2D eigenvalue weighted by atomic mass is 9.88. The molecule has 0 heterocycles. The zero-order valence-corrected chi connectivity index (χ0v) is 22.0. The summed E-state index contributed by atoms with van der Waals surface area (Å²) in [5.74, 6) is 0.343. The number of hydrogen-bond donors (Lipinski definition) is 1. The lowest BCUT2D eigenvalue weighted by Gasteiger charge is -2.34. The van der Waals surface area contributed by atoms with E-state index in [2.05, 4.69) is 5.32 Å². The fraction of sp³-hybridized carbons (Fsp3) is 0.286. The Morgan fingerprint density at radius 1 is 0.892 bits per heavy atom. The van der Waals surface area contributed by atoms with Crippen LogP contribution in [0.4, 0.5) is 0 Å². The maximum absolute atomic E-state index is 13.1. The molecule has 1 unspecified atom stereocenters. The molecule has 3 rings (SSSR count). The van der Waals surface area contributed by atoms with Crippen LogP contribution in [0.2, 0.25) is 5.02 Å². The van der Waals surface area contributed by atoms with E-state index in [1.54, 1.807) is 24.3 Å². The Labute approximate surface area is 221 Å². The molecule has 0 saturated heterocycles. The molecule has 9 heteroatoms. The normalized spacial score (nSPS) is 12.2. The first kappa shape index (κ1) is 27.8. The fourth-order valence-electron chi connectivity index (χ4n) is 3.81. The van der Waals surface area contributed by atoms with Crippen LogP contribution in [0.3, 0.4) is 0 Å². The van der Waals surface area contributed by atoms with Crippen molar-refractivity contribution in [1.82, 2.24) is 5.32 Å². The van der Waals surface area contributed by atoms with Gasteiger partial charge in [0.15, 0.2) is 11.5 Å². The van der Waals surface area contributed by atoms with Crippen molar-refractivity contribution in [2.24, 2.45) is 0 Å². The van der Waals surface area contributed by atoms with E-state index in [-0.39, 0.29) is 18.7 Å². The highest BCUT2D eigenvalue weighted by molar-refractivity contribution is 6.30. The number of ether oxygens (including phenoxy) is 5. The number of halogens is 1. The third-order valence-corrected chi connectivity index (χ3v) is 6.15. The van der Waals surface area contributed by atoms with Crippen LogP contribution in [0.15, 0.2) is 66.7 Å². The Kier molecular flexibility index (Phi) is 9.77. The van der Waals surface area contributed by atoms with E-state index in [0.717, 1.165) is 5.56 Å². The Balaban J connectivity index is 1.79. The van der Waals surface area contributed by atoms with Crippen LogP contribution in [-0.4, -0.2) is 46.4 Å². The molecule has 0 amide bonds. The molecule has 0 aliphatic heterocycles. The van der Waals surface area contributed by atoms with E-state index in [1.165, 1.54) is 33.5 Å². The van der Waals surface area contributed by atoms with E-state index >= 15 is 0 Å². The molecule has 0 radical (unpaired) electrons. The number of carbonyl (C=O) groups excluding carboxylic acids is 2. The van der Waals surface area contributed by atoms with E-state index in [1.807, 2.05) is 37.3 Å². The van der Waals surface area contributed by atoms with Gasteiger partial charge in [0.25, 0.3) is 0 Å². The highest BCUT2D eigenvalue weighted by Gasteiger charge is 2.33. The van der Waals surface area contributed by atoms with Gasteiger partial charge < -0.3 is 23.7 Å². The third-order valence-electron chi connectivity index (χ3n) is 5.90. The molecule has 0 aliphatic carbocycles. The summed E-state index contributed by atoms with van der Waals surface area (Å²) in [6, 6.07) is 19.0. The minimum Gasteiger partial charge on any atom is -0.493 e. The molecule has 1 N–H and O–H groups in total. The summed E-state index contributed by atoms with van der Waals surface area (Å²) in [6.07, 6.45) is 0.522. The van der Waals surface area contributed by atoms with Crippen LogP contribution in [0.5, 0.6) is 23.0 Å². The lowest BCUT2D eigenvalue weighted by Crippen LogP contribution is -2.49. The second kappa shape index (κ2) is 13.0. The van der Waals surface area contributed by atoms with E-state index in [9.17, 15) is 9.59 Å². The SMILES string of the molecule is CCC(COC(=O)c1cc(OC)c(OC)c(OC)c1)(NCC(=O)Oc1ccc(Cl)cc1)c1ccccc1. The largest absolute Gasteiger partial charge is 0.493 e. The van der Waals surface area contributed by atoms with Crippen molar-refractivity contribution in [2.75, 3.05) is 34.5 Å². The number of benzene rings is 3. The molecular weight excluding hydrogens is 498 g/mol. The fourth-order valence-corrected chi connectivity index (χ4v) is 3.93. The molecule has 3 aromatic rings. The van der Waals surface area contributed by atoms with Crippen molar-refractivity contribution in [3.8, 4) is 23.0 Å². The summed E-state index contributed by atoms with van der Waals surface area (Å²) in [5.41, 5.74) is 0.237. The van der Waals surface area contributed by atoms with Crippen molar-refractivity contribution >= 4 is 23.5 Å². The minimum atomic E-state index is -0.851. The maximum Gasteiger partial charge on any atom is 0.338 e. The van der Waals surface area contributed by atoms with Gasteiger partial charge in [0, 0.05) is 5.02 Å². The number of esters is 2. The van der Waals surface area contributed by atoms with Crippen LogP contribution in [0.25, 0.3) is 0 Å². The molecule has 0 bridgehead atoms. The standard InChI is InChI=1S/C28H30ClNO7/c1-5-28(20-9-7-6-8-10-20,30-17-25(31)37-22-13-11-21(29)12-14-22)18-36-27(32)19-15-23(33-2)26(35-4)24(16-19)34-3/h6-16,30H,5,17-18H2,1-4H3. The Hall–Kier alpha value is -3.75. The van der Waals surface area contributed by atoms with Crippen LogP contribution in [0, 0.1) is 0 Å². The maximum atomic E-state index is 13.1. The Morgan fingerprint density at radius 2 is 1.51 bits per heavy atom. The van der Waals surface area contributed by atoms with Crippen molar-refractivity contribution in [1.29, 1.82) is 0 Å². The average molecular weight is 528 g/mol. The predicted molar refractivity (Wildman–Crippen MR) is 140 cm³/mol. The minimum absolute atomic E-state index is 0.0444. The van der Waals surface area contributed by atoms with Gasteiger partial charge in [0.1, 0.15) is 12.4 Å². The summed E-state index contributed by atoms with van der Waals surface area (Å²) in [6.45, 7) is 1.78. The van der Waals surface area contributed by atoms with Crippen molar-refractivity contribution < 1.29 is 33.3 Å². The van der Waals surface area contributed by atoms with Gasteiger partial charge in [-0.1, -0.05) is 48.9 Å². The quantitative estimate of drug-likeness (QED) is 0.259. The van der Waals surface area contributed by atoms with Gasteiger partial charge in [-0.25, -0.2) is 4.79 Å². The van der Waals surface area contributed by atoms with Crippen LogP contribution >= 0.6 is 11.6 Å². The highest BCUT2D eigenvalue weighted by Crippen LogP contribution is 2.38. The molecule has 3 aromatic carbocycles. The van der Waals surface area contributed by atoms with E-state index < -0.39 is 17.5 Å². The molecule has 1 atom stereocenters.